The maximum absolute atomic E-state index is 11.1. The molecule has 0 radical (unpaired) electrons. The zero-order valence-corrected chi connectivity index (χ0v) is 8.63. The van der Waals surface area contributed by atoms with Crippen LogP contribution in [-0.4, -0.2) is 23.3 Å². The molecule has 0 aromatic heterocycles. The lowest BCUT2D eigenvalue weighted by atomic mass is 9.95. The van der Waals surface area contributed by atoms with Crippen molar-refractivity contribution < 1.29 is 19.5 Å². The second kappa shape index (κ2) is 5.90. The topological polar surface area (TPSA) is 102 Å². The van der Waals surface area contributed by atoms with Gasteiger partial charge in [-0.2, -0.15) is 5.26 Å². The van der Waals surface area contributed by atoms with Crippen molar-refractivity contribution in [2.24, 2.45) is 0 Å². The quantitative estimate of drug-likeness (QED) is 0.403. The number of nitrogens with zero attached hydrogens (tertiary/aromatic N) is 2. The fourth-order valence-electron chi connectivity index (χ4n) is 1.70. The second-order valence-corrected chi connectivity index (χ2v) is 3.52. The third-order valence-electron chi connectivity index (χ3n) is 2.37. The molecule has 0 aromatic carbocycles. The molecule has 0 amide bonds. The van der Waals surface area contributed by atoms with Gasteiger partial charge in [0.25, 0.3) is 5.09 Å². The van der Waals surface area contributed by atoms with Crippen LogP contribution in [0.1, 0.15) is 32.1 Å². The summed E-state index contributed by atoms with van der Waals surface area (Å²) in [5, 5.41) is 17.6. The summed E-state index contributed by atoms with van der Waals surface area (Å²) in [5.41, 5.74) is 0. The SMILES string of the molecule is N#CCC(=O)OC1CCCCC1O[N+](=O)[O-]. The van der Waals surface area contributed by atoms with Gasteiger partial charge in [0.1, 0.15) is 18.6 Å². The largest absolute Gasteiger partial charge is 0.459 e. The standard InChI is InChI=1S/C9H12N2O5/c10-6-5-9(12)15-7-3-1-2-4-8(7)16-11(13)14/h7-8H,1-5H2. The van der Waals surface area contributed by atoms with Crippen LogP contribution in [-0.2, 0) is 14.4 Å². The number of esters is 1. The molecular formula is C9H12N2O5. The molecule has 7 heteroatoms. The highest BCUT2D eigenvalue weighted by Gasteiger charge is 2.31. The molecule has 0 aromatic rings. The van der Waals surface area contributed by atoms with E-state index in [2.05, 4.69) is 4.84 Å². The predicted molar refractivity (Wildman–Crippen MR) is 50.4 cm³/mol. The van der Waals surface area contributed by atoms with Gasteiger partial charge >= 0.3 is 5.97 Å². The van der Waals surface area contributed by atoms with Gasteiger partial charge in [0.05, 0.1) is 6.07 Å². The van der Waals surface area contributed by atoms with E-state index < -0.39 is 23.3 Å². The van der Waals surface area contributed by atoms with E-state index in [0.29, 0.717) is 12.8 Å². The Labute approximate surface area is 92.0 Å². The zero-order chi connectivity index (χ0) is 12.0. The molecule has 2 unspecified atom stereocenters. The number of hydrogen-bond acceptors (Lipinski definition) is 6. The molecule has 1 aliphatic carbocycles. The molecule has 2 atom stereocenters. The molecule has 1 rings (SSSR count). The summed E-state index contributed by atoms with van der Waals surface area (Å²) in [6.07, 6.45) is 1.02. The third-order valence-corrected chi connectivity index (χ3v) is 2.37. The normalized spacial score (nSPS) is 24.2. The molecule has 0 bridgehead atoms. The molecule has 88 valence electrons. The molecular weight excluding hydrogens is 216 g/mol. The fraction of sp³-hybridized carbons (Fsp3) is 0.778. The Hall–Kier alpha value is -1.84. The average Bonchev–Trinajstić information content (AvgIpc) is 2.20. The van der Waals surface area contributed by atoms with E-state index in [1.54, 1.807) is 6.07 Å². The monoisotopic (exact) mass is 228 g/mol. The summed E-state index contributed by atoms with van der Waals surface area (Å²) in [5.74, 6) is -0.661. The van der Waals surface area contributed by atoms with Crippen molar-refractivity contribution in [3.8, 4) is 6.07 Å². The first-order valence-corrected chi connectivity index (χ1v) is 5.01. The highest BCUT2D eigenvalue weighted by atomic mass is 17.0. The van der Waals surface area contributed by atoms with Gasteiger partial charge in [-0.25, -0.2) is 0 Å². The summed E-state index contributed by atoms with van der Waals surface area (Å²) >= 11 is 0. The Kier molecular flexibility index (Phi) is 4.51. The molecule has 1 saturated carbocycles. The minimum absolute atomic E-state index is 0.346. The lowest BCUT2D eigenvalue weighted by molar-refractivity contribution is -0.771. The van der Waals surface area contributed by atoms with Crippen molar-refractivity contribution in [3.63, 3.8) is 0 Å². The molecule has 0 N–H and O–H groups in total. The van der Waals surface area contributed by atoms with Crippen molar-refractivity contribution in [2.45, 2.75) is 44.3 Å². The fourth-order valence-corrected chi connectivity index (χ4v) is 1.70. The summed E-state index contributed by atoms with van der Waals surface area (Å²) in [7, 11) is 0. The van der Waals surface area contributed by atoms with Crippen LogP contribution >= 0.6 is 0 Å². The number of hydrogen-bond donors (Lipinski definition) is 0. The molecule has 7 nitrogen and oxygen atoms in total. The van der Waals surface area contributed by atoms with Crippen LogP contribution in [0.4, 0.5) is 0 Å². The van der Waals surface area contributed by atoms with Gasteiger partial charge in [-0.3, -0.25) is 4.79 Å². The maximum Gasteiger partial charge on any atom is 0.320 e. The first kappa shape index (κ1) is 12.2. The summed E-state index contributed by atoms with van der Waals surface area (Å²) in [6, 6.07) is 1.66. The van der Waals surface area contributed by atoms with Crippen LogP contribution in [0.3, 0.4) is 0 Å². The zero-order valence-electron chi connectivity index (χ0n) is 8.63. The molecule has 0 saturated heterocycles. The van der Waals surface area contributed by atoms with Crippen LogP contribution in [0.5, 0.6) is 0 Å². The van der Waals surface area contributed by atoms with E-state index in [4.69, 9.17) is 10.00 Å². The number of carbonyl (C=O) groups is 1. The summed E-state index contributed by atoms with van der Waals surface area (Å²) in [6.45, 7) is 0. The number of carbonyl (C=O) groups excluding carboxylic acids is 1. The van der Waals surface area contributed by atoms with E-state index in [1.165, 1.54) is 0 Å². The summed E-state index contributed by atoms with van der Waals surface area (Å²) < 4.78 is 4.95. The molecule has 16 heavy (non-hydrogen) atoms. The smallest absolute Gasteiger partial charge is 0.320 e. The molecule has 1 fully saturated rings. The average molecular weight is 228 g/mol. The van der Waals surface area contributed by atoms with Crippen molar-refractivity contribution in [3.05, 3.63) is 10.1 Å². The third kappa shape index (κ3) is 3.73. The first-order valence-electron chi connectivity index (χ1n) is 5.01. The minimum Gasteiger partial charge on any atom is -0.459 e. The van der Waals surface area contributed by atoms with Crippen LogP contribution in [0.15, 0.2) is 0 Å². The van der Waals surface area contributed by atoms with Crippen molar-refractivity contribution in [2.75, 3.05) is 0 Å². The van der Waals surface area contributed by atoms with Gasteiger partial charge in [0.2, 0.25) is 0 Å². The van der Waals surface area contributed by atoms with E-state index in [1.807, 2.05) is 0 Å². The number of nitriles is 1. The van der Waals surface area contributed by atoms with Gasteiger partial charge < -0.3 is 9.57 Å². The Balaban J connectivity index is 2.50. The van der Waals surface area contributed by atoms with Crippen molar-refractivity contribution in [1.29, 1.82) is 5.26 Å². The molecule has 0 spiro atoms. The van der Waals surface area contributed by atoms with Gasteiger partial charge in [-0.1, -0.05) is 6.42 Å². The Morgan fingerprint density at radius 2 is 2.06 bits per heavy atom. The van der Waals surface area contributed by atoms with E-state index >= 15 is 0 Å². The van der Waals surface area contributed by atoms with Gasteiger partial charge in [-0.05, 0) is 19.3 Å². The highest BCUT2D eigenvalue weighted by Crippen LogP contribution is 2.24. The van der Waals surface area contributed by atoms with Gasteiger partial charge in [-0.15, -0.1) is 10.1 Å². The van der Waals surface area contributed by atoms with E-state index in [0.717, 1.165) is 12.8 Å². The van der Waals surface area contributed by atoms with Crippen LogP contribution in [0.25, 0.3) is 0 Å². The van der Waals surface area contributed by atoms with E-state index in [-0.39, 0.29) is 6.42 Å². The Morgan fingerprint density at radius 1 is 1.44 bits per heavy atom. The first-order chi connectivity index (χ1) is 7.63. The Bertz CT molecular complexity index is 312. The van der Waals surface area contributed by atoms with Gasteiger partial charge in [0, 0.05) is 0 Å². The second-order valence-electron chi connectivity index (χ2n) is 3.52. The molecule has 1 aliphatic rings. The van der Waals surface area contributed by atoms with Crippen LogP contribution in [0, 0.1) is 21.4 Å². The lowest BCUT2D eigenvalue weighted by Crippen LogP contribution is -2.37. The molecule has 0 aliphatic heterocycles. The van der Waals surface area contributed by atoms with Crippen molar-refractivity contribution in [1.82, 2.24) is 0 Å². The lowest BCUT2D eigenvalue weighted by Gasteiger charge is -2.28. The predicted octanol–water partition coefficient (Wildman–Crippen LogP) is 0.963. The number of ether oxygens (including phenoxy) is 1. The summed E-state index contributed by atoms with van der Waals surface area (Å²) in [4.78, 5) is 25.7. The van der Waals surface area contributed by atoms with Gasteiger partial charge in [0.15, 0.2) is 0 Å². The van der Waals surface area contributed by atoms with E-state index in [9.17, 15) is 14.9 Å². The molecule has 0 heterocycles. The van der Waals surface area contributed by atoms with Crippen LogP contribution in [0.2, 0.25) is 0 Å². The van der Waals surface area contributed by atoms with Crippen LogP contribution < -0.4 is 0 Å². The van der Waals surface area contributed by atoms with Crippen molar-refractivity contribution >= 4 is 5.97 Å². The minimum atomic E-state index is -0.874. The Morgan fingerprint density at radius 3 is 2.62 bits per heavy atom. The highest BCUT2D eigenvalue weighted by molar-refractivity contribution is 5.71. The number of rotatable bonds is 4. The maximum atomic E-state index is 11.1.